The Morgan fingerprint density at radius 2 is 0.745 bits per heavy atom. The fourth-order valence-electron chi connectivity index (χ4n) is 12.9. The molecule has 19 rings (SSSR count). The highest BCUT2D eigenvalue weighted by Crippen LogP contribution is 2.45. The van der Waals surface area contributed by atoms with Gasteiger partial charge in [0.1, 0.15) is 48.3 Å². The lowest BCUT2D eigenvalue weighted by Gasteiger charge is -2.32. The molecule has 0 aliphatic carbocycles. The van der Waals surface area contributed by atoms with E-state index in [2.05, 4.69) is 220 Å². The minimum Gasteiger partial charge on any atom is -0.455 e. The summed E-state index contributed by atoms with van der Waals surface area (Å²) in [5.74, 6) is 0.687. The molecule has 8 heterocycles. The first-order valence-electron chi connectivity index (χ1n) is 31.0. The second-order valence-corrected chi connectivity index (χ2v) is 27.2. The maximum atomic E-state index is 6.44. The molecule has 18 aromatic rings. The van der Waals surface area contributed by atoms with Gasteiger partial charge < -0.3 is 22.6 Å². The molecule has 1 fully saturated rings. The second kappa shape index (κ2) is 22.9. The molecule has 1 aliphatic heterocycles. The van der Waals surface area contributed by atoms with Gasteiger partial charge in [-0.05, 0) is 104 Å². The summed E-state index contributed by atoms with van der Waals surface area (Å²) in [6, 6.07) is 85.7. The van der Waals surface area contributed by atoms with Gasteiger partial charge in [0.05, 0.1) is 22.3 Å². The van der Waals surface area contributed by atoms with E-state index in [-0.39, 0.29) is 23.6 Å². The number of hydrogen-bond donors (Lipinski definition) is 0. The van der Waals surface area contributed by atoms with Gasteiger partial charge in [0.15, 0.2) is 5.82 Å². The Morgan fingerprint density at radius 1 is 0.351 bits per heavy atom. The first kappa shape index (κ1) is 57.9. The van der Waals surface area contributed by atoms with Crippen LogP contribution >= 0.6 is 45.9 Å². The van der Waals surface area contributed by atoms with Crippen LogP contribution in [0.5, 0.6) is 0 Å². The van der Waals surface area contributed by atoms with Gasteiger partial charge in [-0.25, -0.2) is 19.9 Å². The van der Waals surface area contributed by atoms with Gasteiger partial charge in [0.2, 0.25) is 5.28 Å². The Bertz CT molecular complexity index is 6030. The van der Waals surface area contributed by atoms with Gasteiger partial charge in [-0.1, -0.05) is 218 Å². The highest BCUT2D eigenvalue weighted by atomic mass is 35.5. The molecule has 0 bridgehead atoms. The van der Waals surface area contributed by atoms with Crippen LogP contribution in [0.4, 0.5) is 0 Å². The number of nitrogens with zero attached hydrogens (tertiary/aromatic N) is 4. The van der Waals surface area contributed by atoms with E-state index in [9.17, 15) is 0 Å². The third-order valence-corrected chi connectivity index (χ3v) is 20.8. The molecule has 1 saturated heterocycles. The molecule has 14 heteroatoms. The zero-order valence-corrected chi connectivity index (χ0v) is 54.3. The van der Waals surface area contributed by atoms with Crippen molar-refractivity contribution in [2.75, 3.05) is 0 Å². The summed E-state index contributed by atoms with van der Waals surface area (Å²) in [6.07, 6.45) is 0. The Labute approximate surface area is 557 Å². The number of rotatable bonds is 6. The van der Waals surface area contributed by atoms with Crippen LogP contribution in [-0.4, -0.2) is 38.3 Å². The van der Waals surface area contributed by atoms with Crippen LogP contribution in [0.15, 0.2) is 262 Å². The van der Waals surface area contributed by atoms with E-state index < -0.39 is 0 Å². The smallest absolute Gasteiger partial charge is 0.455 e. The minimum absolute atomic E-state index is 0.194. The highest BCUT2D eigenvalue weighted by molar-refractivity contribution is 7.26. The topological polar surface area (TPSA) is 109 Å². The molecule has 0 atom stereocenters. The fourth-order valence-corrected chi connectivity index (χ4v) is 15.7. The molecule has 0 N–H and O–H groups in total. The molecule has 0 radical (unpaired) electrons. The van der Waals surface area contributed by atoms with E-state index in [1.807, 2.05) is 66.7 Å². The van der Waals surface area contributed by atoms with E-state index in [1.54, 1.807) is 22.7 Å². The Balaban J connectivity index is 0.000000129. The lowest BCUT2D eigenvalue weighted by Crippen LogP contribution is -2.41. The molecule has 94 heavy (non-hydrogen) atoms. The number of fused-ring (bicyclic) bond motifs is 15. The molecule has 0 unspecified atom stereocenters. The van der Waals surface area contributed by atoms with Crippen molar-refractivity contribution in [3.63, 3.8) is 0 Å². The summed E-state index contributed by atoms with van der Waals surface area (Å²) in [5.41, 5.74) is 15.0. The van der Waals surface area contributed by atoms with Crippen molar-refractivity contribution in [3.05, 3.63) is 259 Å². The average Bonchev–Trinajstić information content (AvgIpc) is 1.56. The molecule has 0 saturated carbocycles. The molecular weight excluding hydrogens is 1240 g/mol. The standard InChI is InChI=1S/C46H26N2O2S.C24H23BO3.C10H4Cl2N2S/c1-4-22-38-33(15-1)35-20-9-18-31(43(35)49-38)27-11-7-13-29(25-27)42-41-37-17-3-6-24-40(37)51-46(41)48-45(47-42)30-14-8-12-28(26-30)32-19-10-21-36-34-16-2-5-23-39(34)50-44(32)36;1-23(2)24(3,4)28-25(27-23)17-10-7-9-16(15-17)18-12-8-13-20-19-11-5-6-14-21(19)26-22(18)20;11-8-7-5-3-1-2-4-6(5)15-9(7)14-10(12)13-8/h1-26H;5-15H,1-4H3;1-4H. The van der Waals surface area contributed by atoms with Crippen molar-refractivity contribution in [3.8, 4) is 56.0 Å². The second-order valence-electron chi connectivity index (χ2n) is 24.5. The van der Waals surface area contributed by atoms with Gasteiger partial charge in [0.25, 0.3) is 0 Å². The predicted octanol–water partition coefficient (Wildman–Crippen LogP) is 23.0. The lowest BCUT2D eigenvalue weighted by atomic mass is 9.78. The first-order valence-corrected chi connectivity index (χ1v) is 33.3. The van der Waals surface area contributed by atoms with Gasteiger partial charge in [-0.2, -0.15) is 0 Å². The van der Waals surface area contributed by atoms with Crippen molar-refractivity contribution in [2.24, 2.45) is 0 Å². The summed E-state index contributed by atoms with van der Waals surface area (Å²) in [5, 5.41) is 11.6. The largest absolute Gasteiger partial charge is 0.494 e. The van der Waals surface area contributed by atoms with Crippen molar-refractivity contribution in [1.29, 1.82) is 0 Å². The summed E-state index contributed by atoms with van der Waals surface area (Å²) < 4.78 is 33.8. The first-order chi connectivity index (χ1) is 45.9. The normalized spacial score (nSPS) is 13.7. The summed E-state index contributed by atoms with van der Waals surface area (Å²) >= 11 is 15.1. The van der Waals surface area contributed by atoms with Gasteiger partial charge in [-0.3, -0.25) is 0 Å². The minimum atomic E-state index is -0.375. The summed E-state index contributed by atoms with van der Waals surface area (Å²) in [6.45, 7) is 8.30. The van der Waals surface area contributed by atoms with Crippen molar-refractivity contribution in [1.82, 2.24) is 19.9 Å². The maximum Gasteiger partial charge on any atom is 0.494 e. The van der Waals surface area contributed by atoms with Crippen LogP contribution in [0, 0.1) is 0 Å². The van der Waals surface area contributed by atoms with Crippen molar-refractivity contribution in [2.45, 2.75) is 38.9 Å². The third kappa shape index (κ3) is 9.99. The Hall–Kier alpha value is -10.0. The van der Waals surface area contributed by atoms with Crippen LogP contribution in [0.1, 0.15) is 27.7 Å². The third-order valence-electron chi connectivity index (χ3n) is 18.2. The zero-order chi connectivity index (χ0) is 63.4. The van der Waals surface area contributed by atoms with Crippen LogP contribution in [0.2, 0.25) is 10.4 Å². The SMILES string of the molecule is CC1(C)OB(c2cccc(-c3cccc4c3oc3ccccc34)c2)OC1(C)C.Clc1nc(Cl)c2c(n1)sc1ccccc12.c1cc(-c2nc(-c3cccc(-c4cccc5c4oc4ccccc45)c3)c3c(n2)sc2ccccc23)cc(-c2cccc3c2oc2ccccc23)c1. The molecule has 0 spiro atoms. The predicted molar refractivity (Wildman–Crippen MR) is 391 cm³/mol. The van der Waals surface area contributed by atoms with Crippen molar-refractivity contribution < 1.29 is 22.6 Å². The molecular formula is C80H53BCl2N4O5S2. The number of hydrogen-bond acceptors (Lipinski definition) is 11. The summed E-state index contributed by atoms with van der Waals surface area (Å²) in [4.78, 5) is 20.5. The molecule has 11 aromatic carbocycles. The zero-order valence-electron chi connectivity index (χ0n) is 51.2. The molecule has 0 amide bonds. The van der Waals surface area contributed by atoms with Gasteiger partial charge in [0, 0.05) is 85.7 Å². The number of thiophene rings is 2. The lowest BCUT2D eigenvalue weighted by molar-refractivity contribution is 0.00578. The van der Waals surface area contributed by atoms with Crippen LogP contribution < -0.4 is 5.46 Å². The number of para-hydroxylation sites is 6. The quantitative estimate of drug-likeness (QED) is 0.0913. The summed E-state index contributed by atoms with van der Waals surface area (Å²) in [7, 11) is -0.375. The van der Waals surface area contributed by atoms with Gasteiger partial charge in [-0.15, -0.1) is 22.7 Å². The number of furan rings is 3. The molecule has 1 aliphatic rings. The van der Waals surface area contributed by atoms with E-state index in [4.69, 9.17) is 55.7 Å². The molecule has 9 nitrogen and oxygen atoms in total. The number of aromatic nitrogens is 4. The van der Waals surface area contributed by atoms with Gasteiger partial charge >= 0.3 is 7.12 Å². The van der Waals surface area contributed by atoms with Crippen LogP contribution in [0.3, 0.4) is 0 Å². The van der Waals surface area contributed by atoms with Crippen LogP contribution in [0.25, 0.3) is 162 Å². The molecule has 452 valence electrons. The van der Waals surface area contributed by atoms with E-state index in [1.165, 1.54) is 4.70 Å². The van der Waals surface area contributed by atoms with Crippen LogP contribution in [-0.2, 0) is 9.31 Å². The Kier molecular flexibility index (Phi) is 14.1. The number of halogens is 2. The maximum absolute atomic E-state index is 6.44. The number of benzene rings is 11. The van der Waals surface area contributed by atoms with E-state index in [0.29, 0.717) is 11.0 Å². The monoisotopic (exact) mass is 1290 g/mol. The Morgan fingerprint density at radius 3 is 1.27 bits per heavy atom. The molecule has 7 aromatic heterocycles. The van der Waals surface area contributed by atoms with Crippen molar-refractivity contribution >= 4 is 165 Å². The fraction of sp³-hybridized carbons (Fsp3) is 0.0750. The van der Waals surface area contributed by atoms with E-state index >= 15 is 0 Å². The van der Waals surface area contributed by atoms with E-state index in [0.717, 1.165) is 157 Å². The average molecular weight is 1300 g/mol. The highest BCUT2D eigenvalue weighted by Gasteiger charge is 2.51.